The second kappa shape index (κ2) is 9.32. The van der Waals surface area contributed by atoms with Crippen molar-refractivity contribution < 1.29 is 18.7 Å². The van der Waals surface area contributed by atoms with Gasteiger partial charge in [-0.25, -0.2) is 9.59 Å². The van der Waals surface area contributed by atoms with Gasteiger partial charge in [-0.15, -0.1) is 0 Å². The fraction of sp³-hybridized carbons (Fsp3) is 0.333. The van der Waals surface area contributed by atoms with E-state index in [1.165, 1.54) is 0 Å². The molecule has 1 saturated heterocycles. The van der Waals surface area contributed by atoms with Crippen molar-refractivity contribution in [2.45, 2.75) is 13.0 Å². The zero-order valence-electron chi connectivity index (χ0n) is 16.7. The minimum atomic E-state index is -0.542. The average molecular weight is 445 g/mol. The zero-order valence-corrected chi connectivity index (χ0v) is 17.4. The number of halogens is 1. The van der Waals surface area contributed by atoms with Gasteiger partial charge in [0.05, 0.1) is 11.2 Å². The van der Waals surface area contributed by atoms with Crippen LogP contribution in [0, 0.1) is 0 Å². The number of ether oxygens (including phenoxy) is 1. The molecular weight excluding hydrogens is 424 g/mol. The molecule has 1 aromatic carbocycles. The molecule has 0 atom stereocenters. The van der Waals surface area contributed by atoms with Crippen LogP contribution in [-0.2, 0) is 11.3 Å². The number of carbonyl (C=O) groups excluding carboxylic acids is 2. The van der Waals surface area contributed by atoms with Gasteiger partial charge in [-0.2, -0.15) is 0 Å². The lowest BCUT2D eigenvalue weighted by Crippen LogP contribution is -2.49. The minimum Gasteiger partial charge on any atom is -0.443 e. The Bertz CT molecular complexity index is 1150. The molecule has 0 bridgehead atoms. The first kappa shape index (κ1) is 21.1. The number of oxazole rings is 1. The first-order valence-electron chi connectivity index (χ1n) is 9.88. The number of fused-ring (bicyclic) bond motifs is 1. The lowest BCUT2D eigenvalue weighted by atomic mass is 10.1. The maximum Gasteiger partial charge on any atom is 0.417 e. The number of pyridine rings is 1. The van der Waals surface area contributed by atoms with E-state index in [4.69, 9.17) is 20.8 Å². The second-order valence-electron chi connectivity index (χ2n) is 7.25. The van der Waals surface area contributed by atoms with Gasteiger partial charge in [-0.3, -0.25) is 19.7 Å². The second-order valence-corrected chi connectivity index (χ2v) is 7.68. The first-order valence-corrected chi connectivity index (χ1v) is 10.3. The van der Waals surface area contributed by atoms with E-state index in [-0.39, 0.29) is 12.4 Å². The zero-order chi connectivity index (χ0) is 21.8. The number of piperazine rings is 1. The molecule has 0 radical (unpaired) electrons. The predicted octanol–water partition coefficient (Wildman–Crippen LogP) is 2.70. The lowest BCUT2D eigenvalue weighted by Gasteiger charge is -2.33. The molecular formula is C21H21ClN4O5. The number of benzene rings is 1. The molecule has 9 nitrogen and oxygen atoms in total. The van der Waals surface area contributed by atoms with Crippen LogP contribution in [-0.4, -0.2) is 64.4 Å². The quantitative estimate of drug-likeness (QED) is 0.582. The molecule has 0 aliphatic carbocycles. The van der Waals surface area contributed by atoms with Gasteiger partial charge in [0, 0.05) is 55.9 Å². The Hall–Kier alpha value is -3.17. The summed E-state index contributed by atoms with van der Waals surface area (Å²) in [7, 11) is 0. The number of ketones is 1. The van der Waals surface area contributed by atoms with Crippen LogP contribution in [0.5, 0.6) is 0 Å². The van der Waals surface area contributed by atoms with Crippen molar-refractivity contribution in [1.82, 2.24) is 19.8 Å². The van der Waals surface area contributed by atoms with Crippen LogP contribution in [0.1, 0.15) is 22.5 Å². The lowest BCUT2D eigenvalue weighted by molar-refractivity contribution is 0.0690. The van der Waals surface area contributed by atoms with Crippen LogP contribution in [0.4, 0.5) is 4.79 Å². The monoisotopic (exact) mass is 444 g/mol. The van der Waals surface area contributed by atoms with Gasteiger partial charge < -0.3 is 14.1 Å². The summed E-state index contributed by atoms with van der Waals surface area (Å²) in [5, 5.41) is 0.543. The standard InChI is InChI=1S/C21H21ClN4O5/c22-15-3-5-23-16(12-15)13-30-21(29)26-9-7-25(8-10-26)6-4-18(27)14-1-2-17-19(11-14)31-20(28)24-17/h1-3,5,11-12H,4,6-10,13H2,(H,24,28). The molecule has 4 rings (SSSR count). The summed E-state index contributed by atoms with van der Waals surface area (Å²) in [5.41, 5.74) is 2.04. The summed E-state index contributed by atoms with van der Waals surface area (Å²) in [4.78, 5) is 46.4. The number of nitrogens with one attached hydrogen (secondary N) is 1. The highest BCUT2D eigenvalue weighted by Crippen LogP contribution is 2.15. The van der Waals surface area contributed by atoms with Crippen molar-refractivity contribution in [2.24, 2.45) is 0 Å². The maximum absolute atomic E-state index is 12.5. The van der Waals surface area contributed by atoms with E-state index in [1.807, 2.05) is 0 Å². The summed E-state index contributed by atoms with van der Waals surface area (Å²) >= 11 is 5.90. The van der Waals surface area contributed by atoms with E-state index in [0.29, 0.717) is 66.5 Å². The van der Waals surface area contributed by atoms with Crippen molar-refractivity contribution in [2.75, 3.05) is 32.7 Å². The number of H-pyrrole nitrogens is 1. The summed E-state index contributed by atoms with van der Waals surface area (Å²) in [6, 6.07) is 8.24. The Balaban J connectivity index is 1.21. The number of amides is 1. The van der Waals surface area contributed by atoms with E-state index in [0.717, 1.165) is 0 Å². The molecule has 1 amide bonds. The van der Waals surface area contributed by atoms with Crippen molar-refractivity contribution in [3.63, 3.8) is 0 Å². The SMILES string of the molecule is O=C(CCN1CCN(C(=O)OCc2cc(Cl)ccn2)CC1)c1ccc2[nH]c(=O)oc2c1. The van der Waals surface area contributed by atoms with Gasteiger partial charge >= 0.3 is 11.8 Å². The van der Waals surface area contributed by atoms with Crippen molar-refractivity contribution in [3.8, 4) is 0 Å². The number of hydrogen-bond donors (Lipinski definition) is 1. The van der Waals surface area contributed by atoms with Crippen molar-refractivity contribution in [1.29, 1.82) is 0 Å². The van der Waals surface area contributed by atoms with Crippen LogP contribution < -0.4 is 5.76 Å². The van der Waals surface area contributed by atoms with Gasteiger partial charge in [0.15, 0.2) is 11.4 Å². The number of nitrogens with zero attached hydrogens (tertiary/aromatic N) is 3. The molecule has 2 aromatic heterocycles. The maximum atomic E-state index is 12.5. The highest BCUT2D eigenvalue weighted by atomic mass is 35.5. The van der Waals surface area contributed by atoms with Crippen molar-refractivity contribution >= 4 is 34.6 Å². The summed E-state index contributed by atoms with van der Waals surface area (Å²) < 4.78 is 10.3. The molecule has 1 aliphatic heterocycles. The summed E-state index contributed by atoms with van der Waals surface area (Å²) in [5.74, 6) is -0.568. The molecule has 0 saturated carbocycles. The van der Waals surface area contributed by atoms with Crippen LogP contribution in [0.2, 0.25) is 5.02 Å². The molecule has 1 N–H and O–H groups in total. The molecule has 1 fully saturated rings. The number of aromatic amines is 1. The van der Waals surface area contributed by atoms with E-state index >= 15 is 0 Å². The highest BCUT2D eigenvalue weighted by molar-refractivity contribution is 6.30. The molecule has 0 unspecified atom stereocenters. The number of carbonyl (C=O) groups is 2. The average Bonchev–Trinajstić information content (AvgIpc) is 3.15. The molecule has 31 heavy (non-hydrogen) atoms. The Morgan fingerprint density at radius 3 is 2.74 bits per heavy atom. The van der Waals surface area contributed by atoms with Gasteiger partial charge in [0.2, 0.25) is 0 Å². The smallest absolute Gasteiger partial charge is 0.417 e. The molecule has 1 aliphatic rings. The Morgan fingerprint density at radius 2 is 1.97 bits per heavy atom. The van der Waals surface area contributed by atoms with Crippen LogP contribution in [0.25, 0.3) is 11.1 Å². The molecule has 3 heterocycles. The Labute approximate surface area is 182 Å². The third-order valence-corrected chi connectivity index (χ3v) is 5.39. The third kappa shape index (κ3) is 5.31. The molecule has 162 valence electrons. The fourth-order valence-corrected chi connectivity index (χ4v) is 3.61. The molecule has 10 heteroatoms. The predicted molar refractivity (Wildman–Crippen MR) is 113 cm³/mol. The largest absolute Gasteiger partial charge is 0.443 e. The van der Waals surface area contributed by atoms with Gasteiger partial charge in [0.1, 0.15) is 6.61 Å². The Morgan fingerprint density at radius 1 is 1.16 bits per heavy atom. The van der Waals surface area contributed by atoms with Gasteiger partial charge in [-0.05, 0) is 30.3 Å². The number of hydrogen-bond acceptors (Lipinski definition) is 7. The third-order valence-electron chi connectivity index (χ3n) is 5.15. The number of aromatic nitrogens is 2. The normalized spacial score (nSPS) is 14.7. The number of Topliss-reactive ketones (excluding diaryl/α,β-unsaturated/α-hetero) is 1. The summed E-state index contributed by atoms with van der Waals surface area (Å²) in [6.07, 6.45) is 1.52. The minimum absolute atomic E-state index is 0.0263. The Kier molecular flexibility index (Phi) is 6.34. The van der Waals surface area contributed by atoms with E-state index in [2.05, 4.69) is 14.9 Å². The molecule has 0 spiro atoms. The van der Waals surface area contributed by atoms with E-state index < -0.39 is 11.8 Å². The van der Waals surface area contributed by atoms with E-state index in [1.54, 1.807) is 41.4 Å². The van der Waals surface area contributed by atoms with Gasteiger partial charge in [0.25, 0.3) is 0 Å². The fourth-order valence-electron chi connectivity index (χ4n) is 3.43. The highest BCUT2D eigenvalue weighted by Gasteiger charge is 2.23. The molecule has 3 aromatic rings. The number of rotatable bonds is 6. The van der Waals surface area contributed by atoms with Crippen LogP contribution >= 0.6 is 11.6 Å². The van der Waals surface area contributed by atoms with Crippen LogP contribution in [0.3, 0.4) is 0 Å². The van der Waals surface area contributed by atoms with Crippen LogP contribution in [0.15, 0.2) is 45.7 Å². The van der Waals surface area contributed by atoms with E-state index in [9.17, 15) is 14.4 Å². The van der Waals surface area contributed by atoms with Crippen molar-refractivity contribution in [3.05, 3.63) is 63.4 Å². The topological polar surface area (TPSA) is 109 Å². The van der Waals surface area contributed by atoms with Gasteiger partial charge in [-0.1, -0.05) is 11.6 Å². The summed E-state index contributed by atoms with van der Waals surface area (Å²) in [6.45, 7) is 3.02. The first-order chi connectivity index (χ1) is 15.0.